The summed E-state index contributed by atoms with van der Waals surface area (Å²) in [7, 11) is 1.59. The highest BCUT2D eigenvalue weighted by Gasteiger charge is 2.12. The smallest absolute Gasteiger partial charge is 0.173 e. The molecule has 0 amide bonds. The molecule has 0 aliphatic heterocycles. The van der Waals surface area contributed by atoms with Gasteiger partial charge in [-0.15, -0.1) is 0 Å². The first-order chi connectivity index (χ1) is 12.1. The van der Waals surface area contributed by atoms with Crippen molar-refractivity contribution >= 4 is 40.0 Å². The number of aromatic nitrogens is 1. The van der Waals surface area contributed by atoms with E-state index >= 15 is 0 Å². The van der Waals surface area contributed by atoms with Crippen LogP contribution in [0.4, 0.5) is 0 Å². The van der Waals surface area contributed by atoms with Crippen molar-refractivity contribution in [2.24, 2.45) is 0 Å². The van der Waals surface area contributed by atoms with Crippen LogP contribution in [-0.2, 0) is 0 Å². The average molecular weight is 369 g/mol. The molecule has 0 saturated heterocycles. The summed E-state index contributed by atoms with van der Waals surface area (Å²) in [6.07, 6.45) is 0. The minimum atomic E-state index is -0.0396. The number of fused-ring (bicyclic) bond motifs is 1. The normalized spacial score (nSPS) is 10.4. The van der Waals surface area contributed by atoms with Gasteiger partial charge in [0, 0.05) is 16.0 Å². The van der Waals surface area contributed by atoms with Crippen LogP contribution in [0.1, 0.15) is 15.9 Å². The standard InChI is InChI=1S/C19H13ClN2O2S/c1-24-16-6-7-17-13(9-16)8-14(10-21)19(22-17)25-11-18(23)12-2-4-15(20)5-3-12/h2-9H,11H2,1H3. The lowest BCUT2D eigenvalue weighted by atomic mass is 10.1. The van der Waals surface area contributed by atoms with Crippen LogP contribution in [0, 0.1) is 11.3 Å². The van der Waals surface area contributed by atoms with Gasteiger partial charge in [-0.2, -0.15) is 5.26 Å². The van der Waals surface area contributed by atoms with Crippen LogP contribution < -0.4 is 4.74 Å². The van der Waals surface area contributed by atoms with E-state index in [2.05, 4.69) is 11.1 Å². The zero-order valence-electron chi connectivity index (χ0n) is 13.3. The number of benzene rings is 2. The van der Waals surface area contributed by atoms with Crippen molar-refractivity contribution in [1.29, 1.82) is 5.26 Å². The Labute approximate surface area is 154 Å². The van der Waals surface area contributed by atoms with E-state index in [4.69, 9.17) is 16.3 Å². The highest BCUT2D eigenvalue weighted by atomic mass is 35.5. The highest BCUT2D eigenvalue weighted by molar-refractivity contribution is 8.00. The molecule has 3 rings (SSSR count). The summed E-state index contributed by atoms with van der Waals surface area (Å²) in [5.41, 5.74) is 1.77. The Balaban J connectivity index is 1.84. The third-order valence-electron chi connectivity index (χ3n) is 3.61. The maximum atomic E-state index is 12.3. The summed E-state index contributed by atoms with van der Waals surface area (Å²) >= 11 is 7.09. The molecule has 0 saturated carbocycles. The molecule has 25 heavy (non-hydrogen) atoms. The van der Waals surface area contributed by atoms with E-state index in [0.717, 1.165) is 10.9 Å². The number of methoxy groups -OCH3 is 1. The van der Waals surface area contributed by atoms with Gasteiger partial charge in [0.2, 0.25) is 0 Å². The maximum absolute atomic E-state index is 12.3. The van der Waals surface area contributed by atoms with Crippen molar-refractivity contribution in [3.05, 3.63) is 64.7 Å². The van der Waals surface area contributed by atoms with E-state index in [0.29, 0.717) is 26.9 Å². The van der Waals surface area contributed by atoms with Crippen molar-refractivity contribution in [2.45, 2.75) is 5.03 Å². The van der Waals surface area contributed by atoms with Gasteiger partial charge < -0.3 is 4.74 Å². The van der Waals surface area contributed by atoms with Crippen LogP contribution in [-0.4, -0.2) is 23.6 Å². The first-order valence-corrected chi connectivity index (χ1v) is 8.77. The molecule has 6 heteroatoms. The molecule has 4 nitrogen and oxygen atoms in total. The predicted molar refractivity (Wildman–Crippen MR) is 99.5 cm³/mol. The number of ketones is 1. The van der Waals surface area contributed by atoms with Crippen LogP contribution >= 0.6 is 23.4 Å². The van der Waals surface area contributed by atoms with Crippen molar-refractivity contribution in [1.82, 2.24) is 4.98 Å². The fraction of sp³-hybridized carbons (Fsp3) is 0.105. The van der Waals surface area contributed by atoms with Gasteiger partial charge in [-0.05, 0) is 48.5 Å². The number of rotatable bonds is 5. The largest absolute Gasteiger partial charge is 0.497 e. The lowest BCUT2D eigenvalue weighted by Crippen LogP contribution is -2.03. The fourth-order valence-electron chi connectivity index (χ4n) is 2.31. The van der Waals surface area contributed by atoms with Gasteiger partial charge in [0.1, 0.15) is 16.8 Å². The lowest BCUT2D eigenvalue weighted by Gasteiger charge is -2.07. The number of thioether (sulfide) groups is 1. The van der Waals surface area contributed by atoms with Gasteiger partial charge in [-0.25, -0.2) is 4.98 Å². The number of carbonyl (C=O) groups excluding carboxylic acids is 1. The first-order valence-electron chi connectivity index (χ1n) is 7.41. The van der Waals surface area contributed by atoms with E-state index in [1.165, 1.54) is 11.8 Å². The molecule has 0 spiro atoms. The summed E-state index contributed by atoms with van der Waals surface area (Å²) in [5.74, 6) is 0.865. The number of pyridine rings is 1. The maximum Gasteiger partial charge on any atom is 0.173 e. The van der Waals surface area contributed by atoms with Crippen molar-refractivity contribution in [3.63, 3.8) is 0 Å². The number of carbonyl (C=O) groups is 1. The Kier molecular flexibility index (Phi) is 5.22. The summed E-state index contributed by atoms with van der Waals surface area (Å²) < 4.78 is 5.19. The van der Waals surface area contributed by atoms with Gasteiger partial charge in [-0.1, -0.05) is 23.4 Å². The fourth-order valence-corrected chi connectivity index (χ4v) is 3.29. The Morgan fingerprint density at radius 2 is 2.00 bits per heavy atom. The van der Waals surface area contributed by atoms with E-state index in [1.807, 2.05) is 18.2 Å². The van der Waals surface area contributed by atoms with Crippen molar-refractivity contribution in [2.75, 3.05) is 12.9 Å². The Hall–Kier alpha value is -2.55. The quantitative estimate of drug-likeness (QED) is 0.480. The van der Waals surface area contributed by atoms with Gasteiger partial charge in [0.25, 0.3) is 0 Å². The molecule has 0 bridgehead atoms. The molecular weight excluding hydrogens is 356 g/mol. The molecule has 0 unspecified atom stereocenters. The van der Waals surface area contributed by atoms with Crippen molar-refractivity contribution in [3.8, 4) is 11.8 Å². The highest BCUT2D eigenvalue weighted by Crippen LogP contribution is 2.27. The van der Waals surface area contributed by atoms with E-state index in [-0.39, 0.29) is 11.5 Å². The van der Waals surface area contributed by atoms with Crippen LogP contribution in [0.5, 0.6) is 5.75 Å². The summed E-state index contributed by atoms with van der Waals surface area (Å²) in [5, 5.41) is 11.3. The number of hydrogen-bond donors (Lipinski definition) is 0. The molecule has 1 aromatic heterocycles. The van der Waals surface area contributed by atoms with Crippen LogP contribution in [0.15, 0.2) is 53.6 Å². The third kappa shape index (κ3) is 3.93. The molecule has 0 fully saturated rings. The van der Waals surface area contributed by atoms with Crippen LogP contribution in [0.3, 0.4) is 0 Å². The number of nitriles is 1. The first kappa shape index (κ1) is 17.3. The lowest BCUT2D eigenvalue weighted by molar-refractivity contribution is 0.102. The van der Waals surface area contributed by atoms with Crippen molar-refractivity contribution < 1.29 is 9.53 Å². The summed E-state index contributed by atoms with van der Waals surface area (Å²) in [6, 6.07) is 16.1. The minimum absolute atomic E-state index is 0.0396. The topological polar surface area (TPSA) is 63.0 Å². The van der Waals surface area contributed by atoms with Crippen LogP contribution in [0.25, 0.3) is 10.9 Å². The predicted octanol–water partition coefficient (Wildman–Crippen LogP) is 4.74. The minimum Gasteiger partial charge on any atom is -0.497 e. The Bertz CT molecular complexity index is 981. The number of Topliss-reactive ketones (excluding diaryl/α,β-unsaturated/α-hetero) is 1. The second-order valence-electron chi connectivity index (χ2n) is 5.23. The molecule has 0 N–H and O–H groups in total. The molecule has 0 radical (unpaired) electrons. The SMILES string of the molecule is COc1ccc2nc(SCC(=O)c3ccc(Cl)cc3)c(C#N)cc2c1. The molecule has 1 heterocycles. The van der Waals surface area contributed by atoms with E-state index < -0.39 is 0 Å². The number of halogens is 1. The van der Waals surface area contributed by atoms with E-state index in [9.17, 15) is 10.1 Å². The van der Waals surface area contributed by atoms with E-state index in [1.54, 1.807) is 37.4 Å². The monoisotopic (exact) mass is 368 g/mol. The van der Waals surface area contributed by atoms with Crippen LogP contribution in [0.2, 0.25) is 5.02 Å². The van der Waals surface area contributed by atoms with Gasteiger partial charge >= 0.3 is 0 Å². The third-order valence-corrected chi connectivity index (χ3v) is 4.86. The molecular formula is C19H13ClN2O2S. The second kappa shape index (κ2) is 7.56. The Morgan fingerprint density at radius 3 is 2.68 bits per heavy atom. The van der Waals surface area contributed by atoms with Gasteiger partial charge in [0.05, 0.1) is 23.9 Å². The number of hydrogen-bond acceptors (Lipinski definition) is 5. The molecule has 2 aromatic carbocycles. The Morgan fingerprint density at radius 1 is 1.24 bits per heavy atom. The summed E-state index contributed by atoms with van der Waals surface area (Å²) in [4.78, 5) is 16.8. The van der Waals surface area contributed by atoms with Gasteiger partial charge in [0.15, 0.2) is 5.78 Å². The number of nitrogens with zero attached hydrogens (tertiary/aromatic N) is 2. The molecule has 0 aliphatic carbocycles. The summed E-state index contributed by atoms with van der Waals surface area (Å²) in [6.45, 7) is 0. The molecule has 0 aliphatic rings. The average Bonchev–Trinajstić information content (AvgIpc) is 2.65. The zero-order valence-corrected chi connectivity index (χ0v) is 14.9. The number of ether oxygens (including phenoxy) is 1. The molecule has 124 valence electrons. The molecule has 0 atom stereocenters. The van der Waals surface area contributed by atoms with Gasteiger partial charge in [-0.3, -0.25) is 4.79 Å². The molecule has 3 aromatic rings. The zero-order chi connectivity index (χ0) is 17.8. The second-order valence-corrected chi connectivity index (χ2v) is 6.63.